The van der Waals surface area contributed by atoms with Crippen LogP contribution in [0.3, 0.4) is 0 Å². The molecule has 2 unspecified atom stereocenters. The molecule has 2 fully saturated rings. The summed E-state index contributed by atoms with van der Waals surface area (Å²) in [6.07, 6.45) is 4.74. The summed E-state index contributed by atoms with van der Waals surface area (Å²) < 4.78 is 0. The number of amides is 1. The number of nitrogen functional groups attached to an aromatic ring is 1. The summed E-state index contributed by atoms with van der Waals surface area (Å²) in [5.74, 6) is 0.0197. The molecule has 1 aromatic rings. The van der Waals surface area contributed by atoms with Crippen molar-refractivity contribution in [2.75, 3.05) is 18.8 Å². The van der Waals surface area contributed by atoms with Gasteiger partial charge in [-0.3, -0.25) is 4.79 Å². The van der Waals surface area contributed by atoms with Gasteiger partial charge in [0.1, 0.15) is 0 Å². The van der Waals surface area contributed by atoms with Gasteiger partial charge < -0.3 is 16.0 Å². The van der Waals surface area contributed by atoms with E-state index in [9.17, 15) is 4.79 Å². The number of hydrogen-bond acceptors (Lipinski definition) is 3. The molecule has 20 heavy (non-hydrogen) atoms. The Labute approximate surface area is 120 Å². The van der Waals surface area contributed by atoms with Gasteiger partial charge in [0.2, 0.25) is 0 Å². The predicted molar refractivity (Wildman–Crippen MR) is 80.7 cm³/mol. The number of nitrogens with two attached hydrogens (primary N) is 1. The average Bonchev–Trinajstić information content (AvgIpc) is 2.89. The molecule has 3 rings (SSSR count). The van der Waals surface area contributed by atoms with Gasteiger partial charge in [-0.2, -0.15) is 0 Å². The third-order valence-electron chi connectivity index (χ3n) is 4.78. The number of nitrogens with one attached hydrogen (secondary N) is 1. The lowest BCUT2D eigenvalue weighted by atomic mass is 9.97. The maximum Gasteiger partial charge on any atom is 0.251 e. The highest BCUT2D eigenvalue weighted by atomic mass is 16.1. The molecule has 4 heteroatoms. The number of benzene rings is 1. The molecule has 1 aromatic carbocycles. The number of carbonyl (C=O) groups excluding carboxylic acids is 1. The summed E-state index contributed by atoms with van der Waals surface area (Å²) in [5, 5.41) is 3.19. The zero-order valence-corrected chi connectivity index (χ0v) is 12.1. The Bertz CT molecular complexity index is 514. The molecule has 0 bridgehead atoms. The molecular formula is C16H23N3O. The number of hydrogen-bond donors (Lipinski definition) is 2. The first-order valence-corrected chi connectivity index (χ1v) is 7.55. The number of fused-ring (bicyclic) bond motifs is 1. The minimum absolute atomic E-state index is 0.0197. The van der Waals surface area contributed by atoms with E-state index >= 15 is 0 Å². The topological polar surface area (TPSA) is 58.4 Å². The van der Waals surface area contributed by atoms with E-state index in [0.29, 0.717) is 23.3 Å². The minimum Gasteiger partial charge on any atom is -0.398 e. The Morgan fingerprint density at radius 3 is 3.05 bits per heavy atom. The van der Waals surface area contributed by atoms with Crippen molar-refractivity contribution in [3.8, 4) is 0 Å². The number of nitrogens with zero attached hydrogens (tertiary/aromatic N) is 1. The van der Waals surface area contributed by atoms with Gasteiger partial charge in [-0.15, -0.1) is 0 Å². The number of piperidine rings is 1. The highest BCUT2D eigenvalue weighted by Gasteiger charge is 2.32. The fraction of sp³-hybridized carbons (Fsp3) is 0.562. The molecule has 4 nitrogen and oxygen atoms in total. The van der Waals surface area contributed by atoms with E-state index in [2.05, 4.69) is 10.2 Å². The number of anilines is 1. The monoisotopic (exact) mass is 273 g/mol. The van der Waals surface area contributed by atoms with Gasteiger partial charge >= 0.3 is 0 Å². The van der Waals surface area contributed by atoms with Crippen molar-refractivity contribution in [2.45, 2.75) is 44.7 Å². The van der Waals surface area contributed by atoms with Gasteiger partial charge in [0.15, 0.2) is 0 Å². The first kappa shape index (κ1) is 13.4. The summed E-state index contributed by atoms with van der Waals surface area (Å²) in [6.45, 7) is 4.26. The number of carbonyl (C=O) groups is 1. The standard InChI is InChI=1S/C16H23N3O/c1-11-14(5-2-6-15(11)17)16(20)18-12-7-9-19-8-3-4-13(19)10-12/h2,5-6,12-13H,3-4,7-10,17H2,1H3,(H,18,20). The van der Waals surface area contributed by atoms with Crippen LogP contribution in [0.2, 0.25) is 0 Å². The average molecular weight is 273 g/mol. The van der Waals surface area contributed by atoms with E-state index in [1.807, 2.05) is 25.1 Å². The summed E-state index contributed by atoms with van der Waals surface area (Å²) in [7, 11) is 0. The first-order chi connectivity index (χ1) is 9.65. The molecule has 0 saturated carbocycles. The Balaban J connectivity index is 1.65. The zero-order valence-electron chi connectivity index (χ0n) is 12.1. The summed E-state index contributed by atoms with van der Waals surface area (Å²) in [5.41, 5.74) is 8.14. The van der Waals surface area contributed by atoms with Gasteiger partial charge in [0.25, 0.3) is 5.91 Å². The summed E-state index contributed by atoms with van der Waals surface area (Å²) in [6, 6.07) is 6.52. The maximum atomic E-state index is 12.4. The molecule has 0 aromatic heterocycles. The lowest BCUT2D eigenvalue weighted by Gasteiger charge is -2.35. The molecule has 0 spiro atoms. The Morgan fingerprint density at radius 2 is 2.20 bits per heavy atom. The third kappa shape index (κ3) is 2.52. The molecule has 2 saturated heterocycles. The molecule has 108 valence electrons. The Hall–Kier alpha value is -1.55. The third-order valence-corrected chi connectivity index (χ3v) is 4.78. The van der Waals surface area contributed by atoms with Gasteiger partial charge in [0, 0.05) is 29.9 Å². The lowest BCUT2D eigenvalue weighted by molar-refractivity contribution is 0.0895. The molecule has 0 radical (unpaired) electrons. The van der Waals surface area contributed by atoms with Crippen LogP contribution in [0.15, 0.2) is 18.2 Å². The van der Waals surface area contributed by atoms with Crippen molar-refractivity contribution >= 4 is 11.6 Å². The molecule has 2 aliphatic heterocycles. The van der Waals surface area contributed by atoms with Crippen LogP contribution >= 0.6 is 0 Å². The van der Waals surface area contributed by atoms with E-state index in [1.54, 1.807) is 0 Å². The number of rotatable bonds is 2. The van der Waals surface area contributed by atoms with E-state index in [-0.39, 0.29) is 5.91 Å². The molecule has 2 heterocycles. The quantitative estimate of drug-likeness (QED) is 0.810. The highest BCUT2D eigenvalue weighted by molar-refractivity contribution is 5.97. The molecule has 3 N–H and O–H groups in total. The van der Waals surface area contributed by atoms with E-state index in [1.165, 1.54) is 19.4 Å². The smallest absolute Gasteiger partial charge is 0.251 e. The molecule has 1 amide bonds. The van der Waals surface area contributed by atoms with Crippen molar-refractivity contribution in [3.63, 3.8) is 0 Å². The largest absolute Gasteiger partial charge is 0.398 e. The van der Waals surface area contributed by atoms with Crippen LogP contribution in [-0.4, -0.2) is 36.0 Å². The van der Waals surface area contributed by atoms with Gasteiger partial charge in [-0.25, -0.2) is 0 Å². The highest BCUT2D eigenvalue weighted by Crippen LogP contribution is 2.27. The van der Waals surface area contributed by atoms with E-state index in [0.717, 1.165) is 24.9 Å². The zero-order chi connectivity index (χ0) is 14.1. The lowest BCUT2D eigenvalue weighted by Crippen LogP contribution is -2.47. The van der Waals surface area contributed by atoms with E-state index in [4.69, 9.17) is 5.73 Å². The fourth-order valence-corrected chi connectivity index (χ4v) is 3.52. The second kappa shape index (κ2) is 5.44. The van der Waals surface area contributed by atoms with Crippen LogP contribution in [-0.2, 0) is 0 Å². The first-order valence-electron chi connectivity index (χ1n) is 7.55. The Morgan fingerprint density at radius 1 is 1.35 bits per heavy atom. The Kier molecular flexibility index (Phi) is 3.66. The normalized spacial score (nSPS) is 26.2. The van der Waals surface area contributed by atoms with Crippen LogP contribution in [0, 0.1) is 6.92 Å². The maximum absolute atomic E-state index is 12.4. The van der Waals surface area contributed by atoms with Gasteiger partial charge in [-0.05, 0) is 56.8 Å². The second-order valence-corrected chi connectivity index (χ2v) is 6.05. The summed E-state index contributed by atoms with van der Waals surface area (Å²) in [4.78, 5) is 15.0. The molecule has 2 aliphatic rings. The van der Waals surface area contributed by atoms with Crippen molar-refractivity contribution < 1.29 is 4.79 Å². The minimum atomic E-state index is 0.0197. The van der Waals surface area contributed by atoms with E-state index < -0.39 is 0 Å². The molecule has 2 atom stereocenters. The fourth-order valence-electron chi connectivity index (χ4n) is 3.52. The van der Waals surface area contributed by atoms with Crippen LogP contribution in [0.4, 0.5) is 5.69 Å². The van der Waals surface area contributed by atoms with Crippen molar-refractivity contribution in [1.82, 2.24) is 10.2 Å². The van der Waals surface area contributed by atoms with Crippen molar-refractivity contribution in [1.29, 1.82) is 0 Å². The van der Waals surface area contributed by atoms with Crippen molar-refractivity contribution in [2.24, 2.45) is 0 Å². The van der Waals surface area contributed by atoms with Gasteiger partial charge in [0.05, 0.1) is 0 Å². The SMILES string of the molecule is Cc1c(N)cccc1C(=O)NC1CCN2CCCC2C1. The van der Waals surface area contributed by atoms with Crippen LogP contribution in [0.25, 0.3) is 0 Å². The molecular weight excluding hydrogens is 250 g/mol. The predicted octanol–water partition coefficient (Wildman–Crippen LogP) is 1.93. The second-order valence-electron chi connectivity index (χ2n) is 6.05. The van der Waals surface area contributed by atoms with Crippen LogP contribution in [0.5, 0.6) is 0 Å². The van der Waals surface area contributed by atoms with Gasteiger partial charge in [-0.1, -0.05) is 6.07 Å². The summed E-state index contributed by atoms with van der Waals surface area (Å²) >= 11 is 0. The van der Waals surface area contributed by atoms with Crippen LogP contribution < -0.4 is 11.1 Å². The molecule has 0 aliphatic carbocycles. The van der Waals surface area contributed by atoms with Crippen LogP contribution in [0.1, 0.15) is 41.6 Å². The van der Waals surface area contributed by atoms with Crippen molar-refractivity contribution in [3.05, 3.63) is 29.3 Å².